The molecule has 0 spiro atoms. The van der Waals surface area contributed by atoms with E-state index in [9.17, 15) is 4.79 Å². The Morgan fingerprint density at radius 2 is 2.21 bits per heavy atom. The first kappa shape index (κ1) is 17.9. The third kappa shape index (κ3) is 3.51. The first-order chi connectivity index (χ1) is 13.5. The highest BCUT2D eigenvalue weighted by Crippen LogP contribution is 2.26. The zero-order chi connectivity index (χ0) is 19.7. The largest absolute Gasteiger partial charge is 0.352 e. The summed E-state index contributed by atoms with van der Waals surface area (Å²) in [7, 11) is 1.83. The van der Waals surface area contributed by atoms with Crippen LogP contribution < -0.4 is 5.32 Å². The van der Waals surface area contributed by atoms with Crippen molar-refractivity contribution in [3.05, 3.63) is 48.2 Å². The van der Waals surface area contributed by atoms with E-state index in [2.05, 4.69) is 32.6 Å². The number of carbonyl (C=O) groups excluding carboxylic acids is 1. The molecule has 0 aliphatic heterocycles. The first-order valence-corrected chi connectivity index (χ1v) is 9.03. The lowest BCUT2D eigenvalue weighted by Crippen LogP contribution is -2.30. The average Bonchev–Trinajstić information content (AvgIpc) is 3.41. The van der Waals surface area contributed by atoms with Gasteiger partial charge in [-0.2, -0.15) is 10.2 Å². The van der Waals surface area contributed by atoms with Gasteiger partial charge in [0.1, 0.15) is 0 Å². The minimum Gasteiger partial charge on any atom is -0.352 e. The van der Waals surface area contributed by atoms with E-state index >= 15 is 0 Å². The van der Waals surface area contributed by atoms with Crippen LogP contribution in [0.25, 0.3) is 22.4 Å². The third-order valence-corrected chi connectivity index (χ3v) is 4.53. The molecule has 0 radical (unpaired) electrons. The molecule has 0 saturated carbocycles. The van der Waals surface area contributed by atoms with Gasteiger partial charge in [-0.1, -0.05) is 12.1 Å². The molecule has 0 bridgehead atoms. The second-order valence-corrected chi connectivity index (χ2v) is 6.95. The quantitative estimate of drug-likeness (QED) is 0.551. The summed E-state index contributed by atoms with van der Waals surface area (Å²) >= 11 is 0. The zero-order valence-corrected chi connectivity index (χ0v) is 16.0. The van der Waals surface area contributed by atoms with Crippen molar-refractivity contribution in [1.29, 1.82) is 0 Å². The number of rotatable bonds is 6. The summed E-state index contributed by atoms with van der Waals surface area (Å²) in [6.45, 7) is 5.12. The summed E-state index contributed by atoms with van der Waals surface area (Å²) in [6, 6.07) is 3.64. The Morgan fingerprint density at radius 3 is 2.93 bits per heavy atom. The van der Waals surface area contributed by atoms with Crippen molar-refractivity contribution < 1.29 is 9.32 Å². The predicted octanol–water partition coefficient (Wildman–Crippen LogP) is 2.19. The topological polar surface area (TPSA) is 104 Å². The molecule has 4 heterocycles. The van der Waals surface area contributed by atoms with Gasteiger partial charge in [0.05, 0.1) is 28.5 Å². The van der Waals surface area contributed by atoms with Gasteiger partial charge in [0, 0.05) is 44.3 Å². The Kier molecular flexibility index (Phi) is 4.64. The third-order valence-electron chi connectivity index (χ3n) is 4.53. The van der Waals surface area contributed by atoms with Crippen LogP contribution in [0.5, 0.6) is 0 Å². The van der Waals surface area contributed by atoms with E-state index in [-0.39, 0.29) is 11.8 Å². The summed E-state index contributed by atoms with van der Waals surface area (Å²) in [5, 5.41) is 16.0. The van der Waals surface area contributed by atoms with Gasteiger partial charge in [0.15, 0.2) is 0 Å². The minimum atomic E-state index is -0.184. The zero-order valence-electron chi connectivity index (χ0n) is 16.0. The average molecular weight is 379 g/mol. The SMILES string of the molecule is Cc1noc2nc(-c3cnn(C)c3)cc(C(=O)NCC(C)Cn3cccn3)c12. The van der Waals surface area contributed by atoms with Crippen LogP contribution in [0, 0.1) is 12.8 Å². The van der Waals surface area contributed by atoms with E-state index in [1.165, 1.54) is 0 Å². The van der Waals surface area contributed by atoms with Crippen molar-refractivity contribution in [2.24, 2.45) is 13.0 Å². The van der Waals surface area contributed by atoms with Crippen LogP contribution in [0.1, 0.15) is 23.0 Å². The summed E-state index contributed by atoms with van der Waals surface area (Å²) in [5.74, 6) is 0.0405. The number of pyridine rings is 1. The Bertz CT molecular complexity index is 1110. The Hall–Kier alpha value is -3.49. The molecule has 4 aromatic heterocycles. The van der Waals surface area contributed by atoms with Gasteiger partial charge in [-0.15, -0.1) is 0 Å². The predicted molar refractivity (Wildman–Crippen MR) is 102 cm³/mol. The molecule has 28 heavy (non-hydrogen) atoms. The van der Waals surface area contributed by atoms with Crippen molar-refractivity contribution in [2.45, 2.75) is 20.4 Å². The molecule has 4 aromatic rings. The van der Waals surface area contributed by atoms with Gasteiger partial charge in [0.25, 0.3) is 11.6 Å². The number of aromatic nitrogens is 6. The molecule has 1 unspecified atom stereocenters. The number of carbonyl (C=O) groups is 1. The van der Waals surface area contributed by atoms with Gasteiger partial charge in [0.2, 0.25) is 0 Å². The highest BCUT2D eigenvalue weighted by atomic mass is 16.5. The molecule has 144 valence electrons. The van der Waals surface area contributed by atoms with Crippen molar-refractivity contribution in [3.8, 4) is 11.3 Å². The molecule has 4 rings (SSSR count). The molecule has 9 nitrogen and oxygen atoms in total. The fourth-order valence-corrected chi connectivity index (χ4v) is 3.13. The summed E-state index contributed by atoms with van der Waals surface area (Å²) in [4.78, 5) is 17.4. The fourth-order valence-electron chi connectivity index (χ4n) is 3.13. The molecule has 0 aliphatic rings. The van der Waals surface area contributed by atoms with E-state index in [4.69, 9.17) is 4.52 Å². The van der Waals surface area contributed by atoms with Crippen molar-refractivity contribution >= 4 is 17.0 Å². The maximum Gasteiger partial charge on any atom is 0.259 e. The van der Waals surface area contributed by atoms with Crippen LogP contribution in [0.3, 0.4) is 0 Å². The van der Waals surface area contributed by atoms with Crippen molar-refractivity contribution in [1.82, 2.24) is 35.0 Å². The minimum absolute atomic E-state index is 0.184. The molecule has 1 amide bonds. The number of hydrogen-bond donors (Lipinski definition) is 1. The van der Waals surface area contributed by atoms with E-state index in [1.54, 1.807) is 30.1 Å². The Labute approximate surface area is 161 Å². The number of fused-ring (bicyclic) bond motifs is 1. The van der Waals surface area contributed by atoms with Gasteiger partial charge < -0.3 is 9.84 Å². The summed E-state index contributed by atoms with van der Waals surface area (Å²) < 4.78 is 8.86. The molecule has 0 aromatic carbocycles. The fraction of sp³-hybridized carbons (Fsp3) is 0.316. The lowest BCUT2D eigenvalue weighted by molar-refractivity contribution is 0.0948. The highest BCUT2D eigenvalue weighted by Gasteiger charge is 2.20. The number of aryl methyl sites for hydroxylation is 2. The molecule has 1 atom stereocenters. The molecule has 0 saturated heterocycles. The van der Waals surface area contributed by atoms with Crippen molar-refractivity contribution in [2.75, 3.05) is 6.54 Å². The second-order valence-electron chi connectivity index (χ2n) is 6.95. The van der Waals surface area contributed by atoms with Crippen LogP contribution in [0.2, 0.25) is 0 Å². The Balaban J connectivity index is 1.59. The van der Waals surface area contributed by atoms with E-state index < -0.39 is 0 Å². The van der Waals surface area contributed by atoms with Gasteiger partial charge >= 0.3 is 0 Å². The lowest BCUT2D eigenvalue weighted by Gasteiger charge is -2.13. The van der Waals surface area contributed by atoms with Crippen molar-refractivity contribution in [3.63, 3.8) is 0 Å². The van der Waals surface area contributed by atoms with Crippen LogP contribution in [-0.4, -0.2) is 42.2 Å². The van der Waals surface area contributed by atoms with Gasteiger partial charge in [-0.3, -0.25) is 14.2 Å². The maximum atomic E-state index is 13.0. The van der Waals surface area contributed by atoms with Crippen LogP contribution in [0.4, 0.5) is 0 Å². The first-order valence-electron chi connectivity index (χ1n) is 9.03. The van der Waals surface area contributed by atoms with Crippen LogP contribution in [0.15, 0.2) is 41.4 Å². The molecule has 0 aliphatic carbocycles. The normalized spacial score (nSPS) is 12.4. The number of hydrogen-bond acceptors (Lipinski definition) is 6. The lowest BCUT2D eigenvalue weighted by atomic mass is 10.1. The number of nitrogens with zero attached hydrogens (tertiary/aromatic N) is 6. The summed E-state index contributed by atoms with van der Waals surface area (Å²) in [5.41, 5.74) is 2.89. The molecular weight excluding hydrogens is 358 g/mol. The van der Waals surface area contributed by atoms with E-state index in [0.717, 1.165) is 12.1 Å². The van der Waals surface area contributed by atoms with Crippen LogP contribution in [-0.2, 0) is 13.6 Å². The molecule has 9 heteroatoms. The second kappa shape index (κ2) is 7.26. The molecule has 0 fully saturated rings. The molecular formula is C19H21N7O2. The monoisotopic (exact) mass is 379 g/mol. The highest BCUT2D eigenvalue weighted by molar-refractivity contribution is 6.06. The Morgan fingerprint density at radius 1 is 1.36 bits per heavy atom. The number of amides is 1. The van der Waals surface area contributed by atoms with Gasteiger partial charge in [-0.05, 0) is 25.0 Å². The van der Waals surface area contributed by atoms with Gasteiger partial charge in [-0.25, -0.2) is 4.98 Å². The standard InChI is InChI=1S/C19H21N7O2/c1-12(10-26-6-4-5-21-26)8-20-18(27)15-7-16(14-9-22-25(3)11-14)23-19-17(15)13(2)24-28-19/h4-7,9,11-12H,8,10H2,1-3H3,(H,20,27). The van der Waals surface area contributed by atoms with E-state index in [0.29, 0.717) is 34.6 Å². The van der Waals surface area contributed by atoms with E-state index in [1.807, 2.05) is 30.2 Å². The maximum absolute atomic E-state index is 13.0. The molecule has 1 N–H and O–H groups in total. The smallest absolute Gasteiger partial charge is 0.259 e. The van der Waals surface area contributed by atoms with Crippen LogP contribution >= 0.6 is 0 Å². The number of nitrogens with one attached hydrogen (secondary N) is 1. The summed E-state index contributed by atoms with van der Waals surface area (Å²) in [6.07, 6.45) is 7.19.